The maximum atomic E-state index is 12.9. The normalized spacial score (nSPS) is 23.9. The molecule has 2 aromatic rings. The van der Waals surface area contributed by atoms with Gasteiger partial charge < -0.3 is 15.8 Å². The summed E-state index contributed by atoms with van der Waals surface area (Å²) in [7, 11) is -3.36. The van der Waals surface area contributed by atoms with Gasteiger partial charge in [0.15, 0.2) is 5.13 Å². The number of ketones is 1. The van der Waals surface area contributed by atoms with Gasteiger partial charge in [0, 0.05) is 18.7 Å². The van der Waals surface area contributed by atoms with E-state index in [4.69, 9.17) is 33.7 Å². The van der Waals surface area contributed by atoms with Crippen LogP contribution in [0.1, 0.15) is 47.3 Å². The van der Waals surface area contributed by atoms with Crippen molar-refractivity contribution >= 4 is 61.3 Å². The molecule has 1 aromatic carbocycles. The fourth-order valence-corrected chi connectivity index (χ4v) is 7.05. The number of rotatable bonds is 7. The Balaban J connectivity index is 1.36. The summed E-state index contributed by atoms with van der Waals surface area (Å²) in [6, 6.07) is 4.90. The van der Waals surface area contributed by atoms with Gasteiger partial charge in [0.2, 0.25) is 15.8 Å². The lowest BCUT2D eigenvalue weighted by Gasteiger charge is -2.30. The lowest BCUT2D eigenvalue weighted by molar-refractivity contribution is 0.104. The summed E-state index contributed by atoms with van der Waals surface area (Å²) in [6.07, 6.45) is 3.51. The number of anilines is 2. The number of nitrogens with two attached hydrogens (primary N) is 1. The van der Waals surface area contributed by atoms with E-state index in [2.05, 4.69) is 15.0 Å². The molecule has 2 heterocycles. The van der Waals surface area contributed by atoms with E-state index < -0.39 is 15.3 Å². The minimum Gasteiger partial charge on any atom is -0.382 e. The van der Waals surface area contributed by atoms with Crippen molar-refractivity contribution in [2.75, 3.05) is 24.3 Å². The molecule has 4 N–H and O–H groups in total. The first-order valence-corrected chi connectivity index (χ1v) is 13.5. The van der Waals surface area contributed by atoms with Gasteiger partial charge in [-0.1, -0.05) is 40.6 Å². The zero-order valence-electron chi connectivity index (χ0n) is 17.1. The van der Waals surface area contributed by atoms with Crippen LogP contribution in [0.3, 0.4) is 0 Å². The molecular formula is C20H24Cl2N4O4S2. The van der Waals surface area contributed by atoms with Crippen LogP contribution >= 0.6 is 34.5 Å². The number of hydrogen-bond acceptors (Lipinski definition) is 8. The Hall–Kier alpha value is -1.43. The lowest BCUT2D eigenvalue weighted by atomic mass is 9.92. The molecule has 0 amide bonds. The van der Waals surface area contributed by atoms with Gasteiger partial charge in [0.25, 0.3) is 0 Å². The Morgan fingerprint density at radius 3 is 2.41 bits per heavy atom. The quantitative estimate of drug-likeness (QED) is 0.477. The number of nitrogens with zero attached hydrogens (tertiary/aromatic N) is 1. The van der Waals surface area contributed by atoms with Gasteiger partial charge >= 0.3 is 0 Å². The Labute approximate surface area is 200 Å². The van der Waals surface area contributed by atoms with Crippen molar-refractivity contribution < 1.29 is 17.9 Å². The zero-order valence-corrected chi connectivity index (χ0v) is 20.3. The largest absolute Gasteiger partial charge is 0.382 e. The zero-order chi connectivity index (χ0) is 22.9. The van der Waals surface area contributed by atoms with E-state index in [1.54, 1.807) is 18.2 Å². The molecule has 0 bridgehead atoms. The van der Waals surface area contributed by atoms with Gasteiger partial charge in [-0.15, -0.1) is 0 Å². The predicted molar refractivity (Wildman–Crippen MR) is 127 cm³/mol. The lowest BCUT2D eigenvalue weighted by Crippen LogP contribution is -2.44. The van der Waals surface area contributed by atoms with Crippen LogP contribution in [-0.2, 0) is 14.8 Å². The molecule has 1 atom stereocenters. The summed E-state index contributed by atoms with van der Waals surface area (Å²) in [6.45, 7) is 0.754. The molecule has 1 aromatic heterocycles. The molecule has 1 saturated heterocycles. The second kappa shape index (κ2) is 9.82. The van der Waals surface area contributed by atoms with Crippen molar-refractivity contribution in [1.82, 2.24) is 9.71 Å². The third-order valence-corrected chi connectivity index (χ3v) is 9.30. The number of carbonyl (C=O) groups is 1. The van der Waals surface area contributed by atoms with Crippen LogP contribution in [0.4, 0.5) is 10.9 Å². The Morgan fingerprint density at radius 1 is 1.12 bits per heavy atom. The van der Waals surface area contributed by atoms with Crippen LogP contribution in [0.15, 0.2) is 18.2 Å². The highest BCUT2D eigenvalue weighted by atomic mass is 35.5. The number of hydrogen-bond donors (Lipinski definition) is 3. The van der Waals surface area contributed by atoms with Crippen LogP contribution in [0.25, 0.3) is 0 Å². The Morgan fingerprint density at radius 2 is 1.78 bits per heavy atom. The smallest absolute Gasteiger partial charge is 0.217 e. The molecule has 2 fully saturated rings. The summed E-state index contributed by atoms with van der Waals surface area (Å²) in [5.74, 6) is -0.239. The third kappa shape index (κ3) is 5.21. The molecule has 1 aliphatic carbocycles. The fraction of sp³-hybridized carbons (Fsp3) is 0.500. The van der Waals surface area contributed by atoms with Crippen LogP contribution in [0, 0.1) is 0 Å². The van der Waals surface area contributed by atoms with Gasteiger partial charge in [-0.05, 0) is 44.2 Å². The standard InChI is InChI=1S/C20H24Cl2N4O4S2/c21-14-2-1-3-15(22)16(14)17(27)18-19(23)25-20(31-18)24-11-4-6-12(7-5-11)26-32(28,29)13-8-9-30-10-13/h1-3,11-13,26H,4-10,23H2,(H,24,25)/t11-,12-,13?. The summed E-state index contributed by atoms with van der Waals surface area (Å²) >= 11 is 13.5. The van der Waals surface area contributed by atoms with Crippen molar-refractivity contribution in [3.8, 4) is 0 Å². The van der Waals surface area contributed by atoms with E-state index in [9.17, 15) is 13.2 Å². The maximum absolute atomic E-state index is 12.9. The third-order valence-electron chi connectivity index (χ3n) is 5.76. The average Bonchev–Trinajstić information content (AvgIpc) is 3.40. The highest BCUT2D eigenvalue weighted by Gasteiger charge is 2.33. The van der Waals surface area contributed by atoms with Crippen molar-refractivity contribution in [2.24, 2.45) is 0 Å². The number of nitrogens with one attached hydrogen (secondary N) is 2. The first kappa shape index (κ1) is 23.7. The number of sulfonamides is 1. The van der Waals surface area contributed by atoms with E-state index in [0.29, 0.717) is 31.0 Å². The summed E-state index contributed by atoms with van der Waals surface area (Å²) < 4.78 is 33.0. The molecule has 12 heteroatoms. The average molecular weight is 519 g/mol. The molecule has 2 aliphatic rings. The second-order valence-corrected chi connectivity index (χ2v) is 11.8. The van der Waals surface area contributed by atoms with E-state index in [1.165, 1.54) is 0 Å². The van der Waals surface area contributed by atoms with Gasteiger partial charge in [0.05, 0.1) is 22.2 Å². The van der Waals surface area contributed by atoms with Gasteiger partial charge in [0.1, 0.15) is 15.9 Å². The van der Waals surface area contributed by atoms with Gasteiger partial charge in [-0.25, -0.2) is 18.1 Å². The molecule has 1 unspecified atom stereocenters. The highest BCUT2D eigenvalue weighted by Crippen LogP contribution is 2.34. The maximum Gasteiger partial charge on any atom is 0.217 e. The van der Waals surface area contributed by atoms with Crippen molar-refractivity contribution in [3.05, 3.63) is 38.7 Å². The highest BCUT2D eigenvalue weighted by molar-refractivity contribution is 7.90. The number of thiazole rings is 1. The fourth-order valence-electron chi connectivity index (χ4n) is 4.00. The predicted octanol–water partition coefficient (Wildman–Crippen LogP) is 3.69. The first-order chi connectivity index (χ1) is 15.2. The van der Waals surface area contributed by atoms with E-state index in [1.807, 2.05) is 0 Å². The van der Waals surface area contributed by atoms with Crippen molar-refractivity contribution in [1.29, 1.82) is 0 Å². The molecular weight excluding hydrogens is 495 g/mol. The monoisotopic (exact) mass is 518 g/mol. The molecule has 32 heavy (non-hydrogen) atoms. The minimum absolute atomic E-state index is 0.0838. The van der Waals surface area contributed by atoms with E-state index in [0.717, 1.165) is 24.2 Å². The number of ether oxygens (including phenoxy) is 1. The van der Waals surface area contributed by atoms with Crippen LogP contribution < -0.4 is 15.8 Å². The van der Waals surface area contributed by atoms with Crippen LogP contribution in [0.5, 0.6) is 0 Å². The van der Waals surface area contributed by atoms with Gasteiger partial charge in [-0.2, -0.15) is 0 Å². The summed E-state index contributed by atoms with van der Waals surface area (Å²) in [4.78, 5) is 17.5. The molecule has 1 aliphatic heterocycles. The van der Waals surface area contributed by atoms with Crippen LogP contribution in [0.2, 0.25) is 10.0 Å². The molecule has 0 radical (unpaired) electrons. The topological polar surface area (TPSA) is 123 Å². The van der Waals surface area contributed by atoms with Crippen molar-refractivity contribution in [3.63, 3.8) is 0 Å². The first-order valence-electron chi connectivity index (χ1n) is 10.3. The summed E-state index contributed by atoms with van der Waals surface area (Å²) in [5.41, 5.74) is 6.21. The molecule has 174 valence electrons. The SMILES string of the molecule is Nc1nc(N[C@H]2CC[C@H](NS(=O)(=O)C3CCOC3)CC2)sc1C(=O)c1c(Cl)cccc1Cl. The van der Waals surface area contributed by atoms with Gasteiger partial charge in [-0.3, -0.25) is 4.79 Å². The molecule has 8 nitrogen and oxygen atoms in total. The Kier molecular flexibility index (Phi) is 7.28. The number of nitrogen functional groups attached to an aromatic ring is 1. The summed E-state index contributed by atoms with van der Waals surface area (Å²) in [5, 5.41) is 3.93. The van der Waals surface area contributed by atoms with Crippen LogP contribution in [-0.4, -0.2) is 49.7 Å². The molecule has 4 rings (SSSR count). The number of benzene rings is 1. The Bertz CT molecular complexity index is 1070. The molecule has 0 spiro atoms. The van der Waals surface area contributed by atoms with E-state index >= 15 is 0 Å². The molecule has 1 saturated carbocycles. The minimum atomic E-state index is -3.36. The second-order valence-electron chi connectivity index (χ2n) is 8.00. The number of carbonyl (C=O) groups excluding carboxylic acids is 1. The van der Waals surface area contributed by atoms with E-state index in [-0.39, 0.29) is 50.8 Å². The number of halogens is 2. The number of aromatic nitrogens is 1. The van der Waals surface area contributed by atoms with Crippen molar-refractivity contribution in [2.45, 2.75) is 49.4 Å².